The first-order valence-electron chi connectivity index (χ1n) is 12.0. The molecule has 4 saturated carbocycles. The van der Waals surface area contributed by atoms with E-state index in [9.17, 15) is 9.59 Å². The van der Waals surface area contributed by atoms with Crippen molar-refractivity contribution in [2.24, 2.45) is 23.2 Å². The number of methoxy groups -OCH3 is 1. The van der Waals surface area contributed by atoms with Crippen molar-refractivity contribution in [2.75, 3.05) is 39.8 Å². The molecule has 5 fully saturated rings. The smallest absolute Gasteiger partial charge is 0.317 e. The van der Waals surface area contributed by atoms with E-state index in [2.05, 4.69) is 10.2 Å². The third-order valence-electron chi connectivity index (χ3n) is 8.21. The highest BCUT2D eigenvalue weighted by Crippen LogP contribution is 2.60. The van der Waals surface area contributed by atoms with Gasteiger partial charge in [0, 0.05) is 32.7 Å². The summed E-state index contributed by atoms with van der Waals surface area (Å²) in [6.45, 7) is 3.16. The summed E-state index contributed by atoms with van der Waals surface area (Å²) in [4.78, 5) is 30.0. The molecule has 1 saturated heterocycles. The molecule has 6 heteroatoms. The van der Waals surface area contributed by atoms with Crippen molar-refractivity contribution in [1.29, 1.82) is 0 Å². The number of amides is 3. The standard InChI is InChI=1S/C25H35N3O3/c1-31-22-5-3-2-4-21(22)6-7-26-24(30)28-10-8-27(9-11-28)23(29)25-15-18-12-19(16-25)14-20(13-18)17-25/h2-5,18-20H,6-17H2,1H3,(H,26,30). The van der Waals surface area contributed by atoms with Gasteiger partial charge in [-0.3, -0.25) is 4.79 Å². The SMILES string of the molecule is COc1ccccc1CCNC(=O)N1CCN(C(=O)C23CC4CC(CC(C4)C2)C3)CC1. The zero-order valence-corrected chi connectivity index (χ0v) is 18.6. The Hall–Kier alpha value is -2.24. The molecule has 0 atom stereocenters. The van der Waals surface area contributed by atoms with Gasteiger partial charge in [0.05, 0.1) is 12.5 Å². The van der Waals surface area contributed by atoms with Gasteiger partial charge >= 0.3 is 6.03 Å². The van der Waals surface area contributed by atoms with Crippen LogP contribution in [-0.4, -0.2) is 61.6 Å². The predicted molar refractivity (Wildman–Crippen MR) is 119 cm³/mol. The van der Waals surface area contributed by atoms with E-state index in [0.29, 0.717) is 38.6 Å². The molecule has 0 spiro atoms. The van der Waals surface area contributed by atoms with Gasteiger partial charge in [-0.05, 0) is 74.3 Å². The van der Waals surface area contributed by atoms with Crippen LogP contribution >= 0.6 is 0 Å². The van der Waals surface area contributed by atoms with Crippen LogP contribution in [0.3, 0.4) is 0 Å². The Morgan fingerprint density at radius 1 is 0.968 bits per heavy atom. The van der Waals surface area contributed by atoms with Crippen molar-refractivity contribution < 1.29 is 14.3 Å². The number of para-hydroxylation sites is 1. The molecule has 31 heavy (non-hydrogen) atoms. The molecule has 5 aliphatic rings. The van der Waals surface area contributed by atoms with Gasteiger partial charge in [-0.2, -0.15) is 0 Å². The normalized spacial score (nSPS) is 31.6. The van der Waals surface area contributed by atoms with Crippen LogP contribution in [0.2, 0.25) is 0 Å². The van der Waals surface area contributed by atoms with Gasteiger partial charge in [-0.1, -0.05) is 18.2 Å². The minimum atomic E-state index is -0.0755. The Kier molecular flexibility index (Phi) is 5.57. The summed E-state index contributed by atoms with van der Waals surface area (Å²) < 4.78 is 5.38. The second-order valence-corrected chi connectivity index (χ2v) is 10.3. The fourth-order valence-electron chi connectivity index (χ4n) is 7.15. The van der Waals surface area contributed by atoms with Crippen LogP contribution in [0.15, 0.2) is 24.3 Å². The highest BCUT2D eigenvalue weighted by Gasteiger charge is 2.55. The van der Waals surface area contributed by atoms with Gasteiger partial charge < -0.3 is 19.9 Å². The van der Waals surface area contributed by atoms with E-state index >= 15 is 0 Å². The molecule has 1 aromatic carbocycles. The Bertz CT molecular complexity index is 796. The molecule has 0 radical (unpaired) electrons. The van der Waals surface area contributed by atoms with Crippen LogP contribution < -0.4 is 10.1 Å². The molecule has 0 unspecified atom stereocenters. The van der Waals surface area contributed by atoms with E-state index in [0.717, 1.165) is 54.7 Å². The van der Waals surface area contributed by atoms with E-state index in [-0.39, 0.29) is 11.4 Å². The number of ether oxygens (including phenoxy) is 1. The highest BCUT2D eigenvalue weighted by molar-refractivity contribution is 5.84. The summed E-state index contributed by atoms with van der Waals surface area (Å²) in [5.41, 5.74) is 1.02. The molecule has 0 aromatic heterocycles. The van der Waals surface area contributed by atoms with E-state index in [4.69, 9.17) is 4.74 Å². The Morgan fingerprint density at radius 2 is 1.55 bits per heavy atom. The monoisotopic (exact) mass is 425 g/mol. The van der Waals surface area contributed by atoms with E-state index < -0.39 is 0 Å². The summed E-state index contributed by atoms with van der Waals surface area (Å²) in [6, 6.07) is 7.87. The Labute approximate surface area is 185 Å². The lowest BCUT2D eigenvalue weighted by molar-refractivity contribution is -0.159. The minimum absolute atomic E-state index is 0.0307. The first-order valence-corrected chi connectivity index (χ1v) is 12.0. The number of carbonyl (C=O) groups excluding carboxylic acids is 2. The van der Waals surface area contributed by atoms with Crippen LogP contribution in [0.4, 0.5) is 4.79 Å². The quantitative estimate of drug-likeness (QED) is 0.787. The first-order chi connectivity index (χ1) is 15.1. The summed E-state index contributed by atoms with van der Waals surface area (Å²) in [5.74, 6) is 3.60. The predicted octanol–water partition coefficient (Wildman–Crippen LogP) is 3.31. The second-order valence-electron chi connectivity index (χ2n) is 10.3. The summed E-state index contributed by atoms with van der Waals surface area (Å²) in [7, 11) is 1.67. The summed E-state index contributed by atoms with van der Waals surface area (Å²) >= 11 is 0. The number of carbonyl (C=O) groups is 2. The van der Waals surface area contributed by atoms with E-state index in [1.54, 1.807) is 7.11 Å². The number of urea groups is 1. The van der Waals surface area contributed by atoms with Crippen LogP contribution in [0.5, 0.6) is 5.75 Å². The second kappa shape index (κ2) is 8.36. The first kappa shape index (κ1) is 20.7. The van der Waals surface area contributed by atoms with Gasteiger partial charge in [-0.25, -0.2) is 4.79 Å². The van der Waals surface area contributed by atoms with Crippen molar-refractivity contribution in [2.45, 2.75) is 44.9 Å². The van der Waals surface area contributed by atoms with Gasteiger partial charge in [-0.15, -0.1) is 0 Å². The zero-order chi connectivity index (χ0) is 21.4. The van der Waals surface area contributed by atoms with Gasteiger partial charge in [0.2, 0.25) is 5.91 Å². The highest BCUT2D eigenvalue weighted by atomic mass is 16.5. The molecule has 1 aromatic rings. The number of benzene rings is 1. The number of nitrogens with zero attached hydrogens (tertiary/aromatic N) is 2. The molecular weight excluding hydrogens is 390 g/mol. The molecule has 3 amide bonds. The number of nitrogens with one attached hydrogen (secondary N) is 1. The fraction of sp³-hybridized carbons (Fsp3) is 0.680. The molecule has 1 heterocycles. The lowest BCUT2D eigenvalue weighted by Gasteiger charge is -2.57. The lowest BCUT2D eigenvalue weighted by atomic mass is 9.49. The fourth-order valence-corrected chi connectivity index (χ4v) is 7.15. The maximum Gasteiger partial charge on any atom is 0.317 e. The minimum Gasteiger partial charge on any atom is -0.496 e. The molecule has 168 valence electrons. The summed E-state index contributed by atoms with van der Waals surface area (Å²) in [6.07, 6.45) is 8.14. The Morgan fingerprint density at radius 3 is 2.16 bits per heavy atom. The van der Waals surface area contributed by atoms with Crippen molar-refractivity contribution >= 4 is 11.9 Å². The molecule has 4 bridgehead atoms. The average molecular weight is 426 g/mol. The third kappa shape index (κ3) is 4.01. The maximum atomic E-state index is 13.5. The lowest BCUT2D eigenvalue weighted by Crippen LogP contribution is -2.59. The van der Waals surface area contributed by atoms with Gasteiger partial charge in [0.25, 0.3) is 0 Å². The van der Waals surface area contributed by atoms with Crippen LogP contribution in [0.1, 0.15) is 44.1 Å². The number of hydrogen-bond acceptors (Lipinski definition) is 3. The Balaban J connectivity index is 1.10. The van der Waals surface area contributed by atoms with Crippen LogP contribution in [0, 0.1) is 23.2 Å². The average Bonchev–Trinajstić information content (AvgIpc) is 2.78. The van der Waals surface area contributed by atoms with Gasteiger partial charge in [0.1, 0.15) is 5.75 Å². The number of hydrogen-bond donors (Lipinski definition) is 1. The van der Waals surface area contributed by atoms with Crippen LogP contribution in [0.25, 0.3) is 0 Å². The maximum absolute atomic E-state index is 13.5. The third-order valence-corrected chi connectivity index (χ3v) is 8.21. The molecule has 1 aliphatic heterocycles. The zero-order valence-electron chi connectivity index (χ0n) is 18.6. The van der Waals surface area contributed by atoms with Crippen molar-refractivity contribution in [3.8, 4) is 5.75 Å². The van der Waals surface area contributed by atoms with Crippen LogP contribution in [-0.2, 0) is 11.2 Å². The van der Waals surface area contributed by atoms with Crippen molar-refractivity contribution in [1.82, 2.24) is 15.1 Å². The molecule has 6 rings (SSSR count). The number of rotatable bonds is 5. The van der Waals surface area contributed by atoms with Crippen molar-refractivity contribution in [3.63, 3.8) is 0 Å². The molecule has 6 nitrogen and oxygen atoms in total. The van der Waals surface area contributed by atoms with Gasteiger partial charge in [0.15, 0.2) is 0 Å². The summed E-state index contributed by atoms with van der Waals surface area (Å²) in [5, 5.41) is 3.03. The van der Waals surface area contributed by atoms with E-state index in [1.807, 2.05) is 29.2 Å². The molecule has 1 N–H and O–H groups in total. The number of piperazine rings is 1. The van der Waals surface area contributed by atoms with E-state index in [1.165, 1.54) is 19.3 Å². The van der Waals surface area contributed by atoms with Crippen molar-refractivity contribution in [3.05, 3.63) is 29.8 Å². The largest absolute Gasteiger partial charge is 0.496 e. The topological polar surface area (TPSA) is 61.9 Å². The molecule has 4 aliphatic carbocycles. The molecular formula is C25H35N3O3.